The maximum atomic E-state index is 12.7. The number of fused-ring (bicyclic) bond motifs is 1. The third-order valence-electron chi connectivity index (χ3n) is 4.83. The summed E-state index contributed by atoms with van der Waals surface area (Å²) >= 11 is 0. The average Bonchev–Trinajstić information content (AvgIpc) is 3.27. The van der Waals surface area contributed by atoms with E-state index in [0.29, 0.717) is 23.9 Å². The van der Waals surface area contributed by atoms with Crippen molar-refractivity contribution in [3.05, 3.63) is 93.9 Å². The molecule has 2 heterocycles. The lowest BCUT2D eigenvalue weighted by Crippen LogP contribution is -2.23. The number of hydrogen-bond donors (Lipinski definition) is 1. The quantitative estimate of drug-likeness (QED) is 0.386. The van der Waals surface area contributed by atoms with Crippen LogP contribution in [0, 0.1) is 11.8 Å². The van der Waals surface area contributed by atoms with E-state index < -0.39 is 5.60 Å². The summed E-state index contributed by atoms with van der Waals surface area (Å²) in [6.45, 7) is 5.94. The Hall–Kier alpha value is -4.18. The molecule has 33 heavy (non-hydrogen) atoms. The highest BCUT2D eigenvalue weighted by Gasteiger charge is 2.17. The van der Waals surface area contributed by atoms with E-state index in [2.05, 4.69) is 26.9 Å². The van der Waals surface area contributed by atoms with Gasteiger partial charge in [0, 0.05) is 23.1 Å². The lowest BCUT2D eigenvalue weighted by molar-refractivity contribution is 0.00695. The van der Waals surface area contributed by atoms with Crippen LogP contribution >= 0.6 is 0 Å². The second-order valence-corrected chi connectivity index (χ2v) is 8.70. The smallest absolute Gasteiger partial charge is 0.338 e. The summed E-state index contributed by atoms with van der Waals surface area (Å²) in [7, 11) is 0. The molecule has 0 aliphatic rings. The number of benzene rings is 2. The van der Waals surface area contributed by atoms with Crippen molar-refractivity contribution in [3.63, 3.8) is 0 Å². The summed E-state index contributed by atoms with van der Waals surface area (Å²) in [5, 5.41) is 5.45. The first-order chi connectivity index (χ1) is 15.8. The Balaban J connectivity index is 1.49. The molecule has 0 aliphatic heterocycles. The minimum Gasteiger partial charge on any atom is -0.456 e. The lowest BCUT2D eigenvalue weighted by atomic mass is 10.0. The van der Waals surface area contributed by atoms with Crippen LogP contribution in [-0.4, -0.2) is 31.3 Å². The van der Waals surface area contributed by atoms with Gasteiger partial charge in [0.2, 0.25) is 0 Å². The molecule has 1 N–H and O–H groups in total. The van der Waals surface area contributed by atoms with Gasteiger partial charge in [0.05, 0.1) is 5.56 Å². The number of H-pyrrole nitrogens is 1. The first-order valence-electron chi connectivity index (χ1n) is 10.6. The van der Waals surface area contributed by atoms with Crippen molar-refractivity contribution in [2.45, 2.75) is 39.3 Å². The first-order valence-corrected chi connectivity index (χ1v) is 10.6. The fourth-order valence-electron chi connectivity index (χ4n) is 3.34. The molecule has 0 aliphatic carbocycles. The Morgan fingerprint density at radius 2 is 1.91 bits per heavy atom. The van der Waals surface area contributed by atoms with Crippen LogP contribution < -0.4 is 5.56 Å². The molecule has 7 heteroatoms. The number of hydrogen-bond acceptors (Lipinski definition) is 5. The van der Waals surface area contributed by atoms with Crippen LogP contribution in [0.3, 0.4) is 0 Å². The maximum Gasteiger partial charge on any atom is 0.338 e. The van der Waals surface area contributed by atoms with Gasteiger partial charge in [0.25, 0.3) is 5.56 Å². The van der Waals surface area contributed by atoms with E-state index in [-0.39, 0.29) is 11.5 Å². The summed E-state index contributed by atoms with van der Waals surface area (Å²) < 4.78 is 7.03. The summed E-state index contributed by atoms with van der Waals surface area (Å²) in [6.07, 6.45) is 3.61. The molecule has 0 atom stereocenters. The molecule has 7 nitrogen and oxygen atoms in total. The number of nitrogens with one attached hydrogen (secondary N) is 1. The first kappa shape index (κ1) is 22.0. The zero-order valence-corrected chi connectivity index (χ0v) is 18.8. The van der Waals surface area contributed by atoms with E-state index in [0.717, 1.165) is 22.2 Å². The number of pyridine rings is 1. The number of rotatable bonds is 4. The number of carbonyl (C=O) groups excluding carboxylic acids is 1. The Morgan fingerprint density at radius 1 is 1.12 bits per heavy atom. The number of aromatic amines is 1. The van der Waals surface area contributed by atoms with Crippen LogP contribution in [-0.2, 0) is 17.7 Å². The Kier molecular flexibility index (Phi) is 6.09. The van der Waals surface area contributed by atoms with Crippen molar-refractivity contribution in [2.24, 2.45) is 0 Å². The largest absolute Gasteiger partial charge is 0.456 e. The molecule has 2 aromatic heterocycles. The molecular formula is C26H24N4O3. The fraction of sp³-hybridized carbons (Fsp3) is 0.231. The van der Waals surface area contributed by atoms with E-state index in [9.17, 15) is 9.59 Å². The highest BCUT2D eigenvalue weighted by molar-refractivity contribution is 5.89. The molecule has 0 bridgehead atoms. The van der Waals surface area contributed by atoms with Gasteiger partial charge in [-0.05, 0) is 62.1 Å². The van der Waals surface area contributed by atoms with Crippen LogP contribution in [0.1, 0.15) is 48.0 Å². The van der Waals surface area contributed by atoms with E-state index in [4.69, 9.17) is 4.74 Å². The molecule has 4 aromatic rings. The van der Waals surface area contributed by atoms with Gasteiger partial charge in [0.1, 0.15) is 24.8 Å². The summed E-state index contributed by atoms with van der Waals surface area (Å²) in [4.78, 5) is 31.7. The van der Waals surface area contributed by atoms with Crippen molar-refractivity contribution in [1.29, 1.82) is 0 Å². The average molecular weight is 441 g/mol. The molecule has 0 saturated carbocycles. The molecule has 0 unspecified atom stereocenters. The Bertz CT molecular complexity index is 1400. The SMILES string of the molecule is CC(C)(C)OC(=O)c1ccc(Cc2cc3ccc(C#CCn4cncn4)cc3c(=O)[nH]2)cc1. The van der Waals surface area contributed by atoms with Gasteiger partial charge in [-0.2, -0.15) is 5.10 Å². The minimum absolute atomic E-state index is 0.159. The van der Waals surface area contributed by atoms with Crippen LogP contribution in [0.4, 0.5) is 0 Å². The van der Waals surface area contributed by atoms with Crippen LogP contribution in [0.15, 0.2) is 66.0 Å². The Morgan fingerprint density at radius 3 is 2.61 bits per heavy atom. The fourth-order valence-corrected chi connectivity index (χ4v) is 3.34. The molecule has 166 valence electrons. The zero-order chi connectivity index (χ0) is 23.4. The molecule has 0 fully saturated rings. The number of esters is 1. The van der Waals surface area contributed by atoms with Crippen molar-refractivity contribution in [2.75, 3.05) is 0 Å². The van der Waals surface area contributed by atoms with Gasteiger partial charge in [-0.15, -0.1) is 0 Å². The molecule has 0 radical (unpaired) electrons. The van der Waals surface area contributed by atoms with Crippen molar-refractivity contribution in [1.82, 2.24) is 19.7 Å². The molecule has 0 saturated heterocycles. The third kappa shape index (κ3) is 5.74. The number of carbonyl (C=O) groups is 1. The van der Waals surface area contributed by atoms with Crippen molar-refractivity contribution in [3.8, 4) is 11.8 Å². The topological polar surface area (TPSA) is 89.9 Å². The van der Waals surface area contributed by atoms with E-state index in [1.807, 2.05) is 51.1 Å². The predicted molar refractivity (Wildman–Crippen MR) is 126 cm³/mol. The number of aromatic nitrogens is 4. The highest BCUT2D eigenvalue weighted by atomic mass is 16.6. The third-order valence-corrected chi connectivity index (χ3v) is 4.83. The van der Waals surface area contributed by atoms with Gasteiger partial charge >= 0.3 is 5.97 Å². The van der Waals surface area contributed by atoms with Gasteiger partial charge < -0.3 is 9.72 Å². The highest BCUT2D eigenvalue weighted by Crippen LogP contribution is 2.17. The summed E-state index contributed by atoms with van der Waals surface area (Å²) in [5.74, 6) is 5.72. The standard InChI is InChI=1S/C26H24N4O3/c1-26(2,3)33-25(32)20-9-6-19(7-10-20)13-22-15-21-11-8-18(14-23(21)24(31)29-22)5-4-12-30-17-27-16-28-30/h6-11,14-17H,12-13H2,1-3H3,(H,29,31). The van der Waals surface area contributed by atoms with E-state index in [1.165, 1.54) is 6.33 Å². The lowest BCUT2D eigenvalue weighted by Gasteiger charge is -2.19. The van der Waals surface area contributed by atoms with Crippen molar-refractivity contribution < 1.29 is 9.53 Å². The minimum atomic E-state index is -0.539. The maximum absolute atomic E-state index is 12.7. The van der Waals surface area contributed by atoms with Crippen LogP contribution in [0.2, 0.25) is 0 Å². The number of ether oxygens (including phenoxy) is 1. The van der Waals surface area contributed by atoms with Gasteiger partial charge in [-0.3, -0.25) is 4.79 Å². The van der Waals surface area contributed by atoms with E-state index >= 15 is 0 Å². The van der Waals surface area contributed by atoms with Gasteiger partial charge in [-0.25, -0.2) is 14.5 Å². The Labute approximate surface area is 191 Å². The zero-order valence-electron chi connectivity index (χ0n) is 18.8. The van der Waals surface area contributed by atoms with Crippen molar-refractivity contribution >= 4 is 16.7 Å². The monoisotopic (exact) mass is 440 g/mol. The van der Waals surface area contributed by atoms with Crippen LogP contribution in [0.25, 0.3) is 10.8 Å². The molecule has 0 amide bonds. The summed E-state index contributed by atoms with van der Waals surface area (Å²) in [6, 6.07) is 14.8. The van der Waals surface area contributed by atoms with Gasteiger partial charge in [0.15, 0.2) is 0 Å². The second-order valence-electron chi connectivity index (χ2n) is 8.70. The molecule has 4 rings (SSSR count). The number of nitrogens with zero attached hydrogens (tertiary/aromatic N) is 3. The summed E-state index contributed by atoms with van der Waals surface area (Å²) in [5.41, 5.74) is 2.34. The van der Waals surface area contributed by atoms with Crippen LogP contribution in [0.5, 0.6) is 0 Å². The predicted octanol–water partition coefficient (Wildman–Crippen LogP) is 3.72. The molecule has 0 spiro atoms. The molecular weight excluding hydrogens is 416 g/mol. The second kappa shape index (κ2) is 9.13. The van der Waals surface area contributed by atoms with E-state index in [1.54, 1.807) is 29.2 Å². The van der Waals surface area contributed by atoms with Gasteiger partial charge in [-0.1, -0.05) is 30.0 Å². The molecule has 2 aromatic carbocycles. The normalized spacial score (nSPS) is 11.1.